The monoisotopic (exact) mass is 278 g/mol. The van der Waals surface area contributed by atoms with Crippen molar-refractivity contribution in [2.75, 3.05) is 0 Å². The van der Waals surface area contributed by atoms with Crippen LogP contribution in [0.3, 0.4) is 0 Å². The quantitative estimate of drug-likeness (QED) is 0.914. The maximum atomic E-state index is 6.27. The Hall–Kier alpha value is -1.39. The molecule has 19 heavy (non-hydrogen) atoms. The van der Waals surface area contributed by atoms with Crippen molar-refractivity contribution >= 4 is 11.6 Å². The number of pyridine rings is 1. The van der Waals surface area contributed by atoms with Crippen LogP contribution in [0.15, 0.2) is 18.3 Å². The lowest BCUT2D eigenvalue weighted by Crippen LogP contribution is -2.17. The van der Waals surface area contributed by atoms with Crippen molar-refractivity contribution in [2.45, 2.75) is 40.4 Å². The lowest BCUT2D eigenvalue weighted by atomic mass is 10.2. The highest BCUT2D eigenvalue weighted by molar-refractivity contribution is 6.31. The minimum atomic E-state index is 0.698. The Labute approximate surface area is 118 Å². The number of rotatable bonds is 5. The molecule has 0 radical (unpaired) electrons. The molecule has 0 saturated carbocycles. The largest absolute Gasteiger partial charge is 0.305 e. The molecular weight excluding hydrogens is 260 g/mol. The van der Waals surface area contributed by atoms with Gasteiger partial charge >= 0.3 is 0 Å². The fourth-order valence-corrected chi connectivity index (χ4v) is 2.24. The zero-order valence-electron chi connectivity index (χ0n) is 11.6. The highest BCUT2D eigenvalue weighted by Crippen LogP contribution is 2.20. The minimum Gasteiger partial charge on any atom is -0.305 e. The molecule has 0 saturated heterocycles. The first-order valence-corrected chi connectivity index (χ1v) is 6.84. The first-order valence-electron chi connectivity index (χ1n) is 6.46. The lowest BCUT2D eigenvalue weighted by molar-refractivity contribution is 0.575. The zero-order chi connectivity index (χ0) is 13.8. The van der Waals surface area contributed by atoms with Crippen molar-refractivity contribution in [3.63, 3.8) is 0 Å². The summed E-state index contributed by atoms with van der Waals surface area (Å²) in [5.41, 5.74) is 4.18. The van der Waals surface area contributed by atoms with Gasteiger partial charge in [-0.25, -0.2) is 0 Å². The first kappa shape index (κ1) is 14.0. The van der Waals surface area contributed by atoms with Gasteiger partial charge in [0.25, 0.3) is 0 Å². The second-order valence-corrected chi connectivity index (χ2v) is 4.91. The number of halogens is 1. The van der Waals surface area contributed by atoms with Gasteiger partial charge in [-0.2, -0.15) is 5.10 Å². The van der Waals surface area contributed by atoms with Crippen LogP contribution < -0.4 is 5.32 Å². The van der Waals surface area contributed by atoms with Gasteiger partial charge in [-0.3, -0.25) is 9.67 Å². The summed E-state index contributed by atoms with van der Waals surface area (Å²) >= 11 is 6.27. The van der Waals surface area contributed by atoms with Gasteiger partial charge in [0.2, 0.25) is 0 Å². The van der Waals surface area contributed by atoms with Crippen molar-refractivity contribution in [2.24, 2.45) is 0 Å². The molecule has 0 spiro atoms. The Morgan fingerprint density at radius 1 is 1.32 bits per heavy atom. The maximum Gasteiger partial charge on any atom is 0.0860 e. The summed E-state index contributed by atoms with van der Waals surface area (Å²) in [6.07, 6.45) is 1.82. The maximum absolute atomic E-state index is 6.27. The van der Waals surface area contributed by atoms with E-state index in [0.717, 1.165) is 35.2 Å². The number of hydrogen-bond acceptors (Lipinski definition) is 3. The smallest absolute Gasteiger partial charge is 0.0860 e. The third kappa shape index (κ3) is 3.14. The molecule has 0 aliphatic heterocycles. The number of nitrogens with zero attached hydrogens (tertiary/aromatic N) is 3. The van der Waals surface area contributed by atoms with Gasteiger partial charge in [-0.1, -0.05) is 17.7 Å². The summed E-state index contributed by atoms with van der Waals surface area (Å²) in [6.45, 7) is 8.32. The average molecular weight is 279 g/mol. The van der Waals surface area contributed by atoms with Gasteiger partial charge < -0.3 is 5.32 Å². The Morgan fingerprint density at radius 2 is 2.11 bits per heavy atom. The van der Waals surface area contributed by atoms with Gasteiger partial charge in [-0.05, 0) is 32.4 Å². The summed E-state index contributed by atoms with van der Waals surface area (Å²) in [6, 6.07) is 4.02. The second-order valence-electron chi connectivity index (χ2n) is 4.53. The van der Waals surface area contributed by atoms with Crippen LogP contribution in [-0.4, -0.2) is 14.8 Å². The van der Waals surface area contributed by atoms with Gasteiger partial charge in [0.05, 0.1) is 22.1 Å². The van der Waals surface area contributed by atoms with E-state index in [1.807, 2.05) is 23.9 Å². The van der Waals surface area contributed by atoms with Crippen LogP contribution in [0.5, 0.6) is 0 Å². The molecule has 0 aliphatic rings. The van der Waals surface area contributed by atoms with E-state index < -0.39 is 0 Å². The lowest BCUT2D eigenvalue weighted by Gasteiger charge is -2.08. The van der Waals surface area contributed by atoms with E-state index in [2.05, 4.69) is 35.3 Å². The number of nitrogens with one attached hydrogen (secondary N) is 1. The molecule has 4 nitrogen and oxygen atoms in total. The van der Waals surface area contributed by atoms with E-state index >= 15 is 0 Å². The van der Waals surface area contributed by atoms with Crippen molar-refractivity contribution in [3.05, 3.63) is 46.0 Å². The third-order valence-electron chi connectivity index (χ3n) is 3.16. The van der Waals surface area contributed by atoms with Crippen LogP contribution in [0.2, 0.25) is 5.02 Å². The Balaban J connectivity index is 2.02. The van der Waals surface area contributed by atoms with Gasteiger partial charge in [0.1, 0.15) is 0 Å². The fourth-order valence-electron chi connectivity index (χ4n) is 2.04. The summed E-state index contributed by atoms with van der Waals surface area (Å²) in [5, 5.41) is 8.54. The SMILES string of the molecule is CCn1nc(C)c(Cl)c1CNCc1ncccc1C. The predicted molar refractivity (Wildman–Crippen MR) is 77.2 cm³/mol. The molecule has 0 fully saturated rings. The van der Waals surface area contributed by atoms with Crippen LogP contribution in [0, 0.1) is 13.8 Å². The van der Waals surface area contributed by atoms with E-state index in [4.69, 9.17) is 11.6 Å². The van der Waals surface area contributed by atoms with Crippen LogP contribution in [0.1, 0.15) is 29.6 Å². The van der Waals surface area contributed by atoms with E-state index in [1.165, 1.54) is 5.56 Å². The zero-order valence-corrected chi connectivity index (χ0v) is 12.3. The summed E-state index contributed by atoms with van der Waals surface area (Å²) < 4.78 is 1.94. The van der Waals surface area contributed by atoms with Crippen LogP contribution in [0.25, 0.3) is 0 Å². The molecule has 102 valence electrons. The number of aromatic nitrogens is 3. The first-order chi connectivity index (χ1) is 9.13. The third-order valence-corrected chi connectivity index (χ3v) is 3.65. The van der Waals surface area contributed by atoms with Crippen molar-refractivity contribution in [3.8, 4) is 0 Å². The Bertz CT molecular complexity index is 563. The topological polar surface area (TPSA) is 42.7 Å². The van der Waals surface area contributed by atoms with Crippen molar-refractivity contribution in [1.82, 2.24) is 20.1 Å². The normalized spacial score (nSPS) is 10.9. The van der Waals surface area contributed by atoms with Crippen LogP contribution in [0.4, 0.5) is 0 Å². The fraction of sp³-hybridized carbons (Fsp3) is 0.429. The Morgan fingerprint density at radius 3 is 2.79 bits per heavy atom. The molecule has 0 aromatic carbocycles. The molecular formula is C14H19ClN4. The van der Waals surface area contributed by atoms with Gasteiger partial charge in [0, 0.05) is 25.8 Å². The average Bonchev–Trinajstić information content (AvgIpc) is 2.68. The summed E-state index contributed by atoms with van der Waals surface area (Å²) in [4.78, 5) is 4.36. The van der Waals surface area contributed by atoms with Gasteiger partial charge in [0.15, 0.2) is 0 Å². The van der Waals surface area contributed by atoms with Crippen LogP contribution in [-0.2, 0) is 19.6 Å². The van der Waals surface area contributed by atoms with Crippen molar-refractivity contribution < 1.29 is 0 Å². The molecule has 1 N–H and O–H groups in total. The van der Waals surface area contributed by atoms with Gasteiger partial charge in [-0.15, -0.1) is 0 Å². The molecule has 0 unspecified atom stereocenters. The predicted octanol–water partition coefficient (Wildman–Crippen LogP) is 2.86. The second kappa shape index (κ2) is 6.17. The van der Waals surface area contributed by atoms with E-state index in [1.54, 1.807) is 0 Å². The molecule has 0 aliphatic carbocycles. The molecule has 0 amide bonds. The molecule has 2 rings (SSSR count). The van der Waals surface area contributed by atoms with E-state index in [-0.39, 0.29) is 0 Å². The molecule has 0 bridgehead atoms. The highest BCUT2D eigenvalue weighted by atomic mass is 35.5. The summed E-state index contributed by atoms with van der Waals surface area (Å²) in [5.74, 6) is 0. The minimum absolute atomic E-state index is 0.698. The highest BCUT2D eigenvalue weighted by Gasteiger charge is 2.11. The van der Waals surface area contributed by atoms with E-state index in [9.17, 15) is 0 Å². The molecule has 2 heterocycles. The molecule has 5 heteroatoms. The molecule has 0 atom stereocenters. The number of hydrogen-bond donors (Lipinski definition) is 1. The van der Waals surface area contributed by atoms with E-state index in [0.29, 0.717) is 6.54 Å². The molecule has 2 aromatic heterocycles. The van der Waals surface area contributed by atoms with Crippen molar-refractivity contribution in [1.29, 1.82) is 0 Å². The number of aryl methyl sites for hydroxylation is 3. The molecule has 2 aromatic rings. The Kier molecular flexibility index (Phi) is 4.56. The standard InChI is InChI=1S/C14H19ClN4/c1-4-19-13(14(15)11(3)18-19)9-16-8-12-10(2)6-5-7-17-12/h5-7,16H,4,8-9H2,1-3H3. The summed E-state index contributed by atoms with van der Waals surface area (Å²) in [7, 11) is 0. The van der Waals surface area contributed by atoms with Crippen LogP contribution >= 0.6 is 11.6 Å².